The fourth-order valence-corrected chi connectivity index (χ4v) is 2.18. The molecule has 1 aromatic carbocycles. The number of nitrogens with zero attached hydrogens (tertiary/aromatic N) is 3. The van der Waals surface area contributed by atoms with E-state index in [9.17, 15) is 13.2 Å². The Kier molecular flexibility index (Phi) is 7.31. The molecule has 0 aliphatic heterocycles. The molecule has 0 unspecified atom stereocenters. The van der Waals surface area contributed by atoms with Gasteiger partial charge in [-0.05, 0) is 36.8 Å². The van der Waals surface area contributed by atoms with Gasteiger partial charge in [0.15, 0.2) is 5.96 Å². The number of hydrogen-bond acceptors (Lipinski definition) is 3. The van der Waals surface area contributed by atoms with E-state index in [1.807, 2.05) is 16.9 Å². The normalized spacial score (nSPS) is 12.1. The molecule has 9 heteroatoms. The summed E-state index contributed by atoms with van der Waals surface area (Å²) in [6.07, 6.45) is 0.205. The molecule has 0 spiro atoms. The summed E-state index contributed by atoms with van der Waals surface area (Å²) in [5.74, 6) is 1.03. The third-order valence-electron chi connectivity index (χ3n) is 3.48. The number of aliphatic imine (C=N–C) groups is 1. The Bertz CT molecular complexity index is 669. The van der Waals surface area contributed by atoms with Crippen molar-refractivity contribution >= 4 is 5.96 Å². The molecule has 2 N–H and O–H groups in total. The molecule has 1 heterocycles. The van der Waals surface area contributed by atoms with E-state index in [0.29, 0.717) is 24.9 Å². The molecule has 142 valence electrons. The Hall–Kier alpha value is -2.71. The molecule has 0 amide bonds. The van der Waals surface area contributed by atoms with Crippen LogP contribution in [0, 0.1) is 0 Å². The van der Waals surface area contributed by atoms with E-state index in [-0.39, 0.29) is 0 Å². The van der Waals surface area contributed by atoms with E-state index in [4.69, 9.17) is 4.74 Å². The van der Waals surface area contributed by atoms with Crippen molar-refractivity contribution in [1.82, 2.24) is 20.4 Å². The zero-order valence-corrected chi connectivity index (χ0v) is 14.5. The Morgan fingerprint density at radius 2 is 1.92 bits per heavy atom. The molecule has 2 aromatic rings. The maximum Gasteiger partial charge on any atom is 0.416 e. The van der Waals surface area contributed by atoms with Crippen molar-refractivity contribution in [2.45, 2.75) is 19.1 Å². The molecule has 0 bridgehead atoms. The second-order valence-corrected chi connectivity index (χ2v) is 5.42. The summed E-state index contributed by atoms with van der Waals surface area (Å²) in [6.45, 7) is 2.33. The van der Waals surface area contributed by atoms with Gasteiger partial charge in [0.25, 0.3) is 0 Å². The number of hydrogen-bond donors (Lipinski definition) is 2. The van der Waals surface area contributed by atoms with Crippen molar-refractivity contribution in [1.29, 1.82) is 0 Å². The number of aromatic nitrogens is 2. The summed E-state index contributed by atoms with van der Waals surface area (Å²) in [6, 6.07) is 6.51. The first-order valence-electron chi connectivity index (χ1n) is 8.21. The zero-order valence-electron chi connectivity index (χ0n) is 14.5. The third-order valence-corrected chi connectivity index (χ3v) is 3.48. The molecule has 1 aromatic heterocycles. The van der Waals surface area contributed by atoms with Crippen molar-refractivity contribution < 1.29 is 17.9 Å². The van der Waals surface area contributed by atoms with Gasteiger partial charge in [-0.3, -0.25) is 9.67 Å². The van der Waals surface area contributed by atoms with E-state index in [1.54, 1.807) is 13.2 Å². The third kappa shape index (κ3) is 6.66. The lowest BCUT2D eigenvalue weighted by molar-refractivity contribution is -0.137. The van der Waals surface area contributed by atoms with E-state index in [0.717, 1.165) is 31.6 Å². The molecule has 0 fully saturated rings. The highest BCUT2D eigenvalue weighted by molar-refractivity contribution is 5.79. The number of guanidine groups is 1. The average molecular weight is 369 g/mol. The minimum atomic E-state index is -4.34. The Morgan fingerprint density at radius 1 is 1.19 bits per heavy atom. The van der Waals surface area contributed by atoms with Crippen LogP contribution in [0.5, 0.6) is 5.75 Å². The summed E-state index contributed by atoms with van der Waals surface area (Å²) in [4.78, 5) is 4.10. The van der Waals surface area contributed by atoms with E-state index >= 15 is 0 Å². The first kappa shape index (κ1) is 19.6. The van der Waals surface area contributed by atoms with Gasteiger partial charge in [-0.1, -0.05) is 0 Å². The summed E-state index contributed by atoms with van der Waals surface area (Å²) in [7, 11) is 1.67. The lowest BCUT2D eigenvalue weighted by Crippen LogP contribution is -2.39. The second kappa shape index (κ2) is 9.69. The number of ether oxygens (including phenoxy) is 1. The van der Waals surface area contributed by atoms with Gasteiger partial charge in [0, 0.05) is 32.5 Å². The number of alkyl halides is 3. The quantitative estimate of drug-likeness (QED) is 0.426. The van der Waals surface area contributed by atoms with Gasteiger partial charge >= 0.3 is 6.18 Å². The van der Waals surface area contributed by atoms with Crippen LogP contribution in [-0.2, 0) is 12.7 Å². The topological polar surface area (TPSA) is 63.5 Å². The van der Waals surface area contributed by atoms with Gasteiger partial charge in [0.2, 0.25) is 0 Å². The SMILES string of the molecule is CN=C(NCCCn1cccn1)NCCOc1ccc(C(F)(F)F)cc1. The van der Waals surface area contributed by atoms with Gasteiger partial charge in [0.1, 0.15) is 12.4 Å². The Labute approximate surface area is 150 Å². The van der Waals surface area contributed by atoms with Crippen LogP contribution in [0.15, 0.2) is 47.7 Å². The smallest absolute Gasteiger partial charge is 0.416 e. The van der Waals surface area contributed by atoms with Crippen molar-refractivity contribution in [2.24, 2.45) is 4.99 Å². The van der Waals surface area contributed by atoms with Crippen LogP contribution in [-0.4, -0.2) is 42.5 Å². The monoisotopic (exact) mass is 369 g/mol. The van der Waals surface area contributed by atoms with Crippen molar-refractivity contribution in [3.8, 4) is 5.75 Å². The standard InChI is InChI=1S/C17H22F3N5O/c1-21-16(22-8-2-11-25-12-3-9-24-25)23-10-13-26-15-6-4-14(5-7-15)17(18,19)20/h3-7,9,12H,2,8,10-11,13H2,1H3,(H2,21,22,23). The minimum Gasteiger partial charge on any atom is -0.492 e. The van der Waals surface area contributed by atoms with Crippen LogP contribution < -0.4 is 15.4 Å². The molecule has 26 heavy (non-hydrogen) atoms. The minimum absolute atomic E-state index is 0.305. The molecule has 0 saturated carbocycles. The molecule has 0 radical (unpaired) electrons. The van der Waals surface area contributed by atoms with Gasteiger partial charge in [-0.25, -0.2) is 0 Å². The highest BCUT2D eigenvalue weighted by Gasteiger charge is 2.29. The van der Waals surface area contributed by atoms with Crippen molar-refractivity contribution in [3.05, 3.63) is 48.3 Å². The zero-order chi connectivity index (χ0) is 18.8. The maximum atomic E-state index is 12.5. The first-order valence-corrected chi connectivity index (χ1v) is 8.21. The fraction of sp³-hybridized carbons (Fsp3) is 0.412. The van der Waals surface area contributed by atoms with Crippen LogP contribution in [0.1, 0.15) is 12.0 Å². The van der Waals surface area contributed by atoms with Crippen LogP contribution in [0.4, 0.5) is 13.2 Å². The summed E-state index contributed by atoms with van der Waals surface area (Å²) in [5, 5.41) is 10.4. The predicted octanol–water partition coefficient (Wildman–Crippen LogP) is 2.54. The van der Waals surface area contributed by atoms with E-state index in [1.165, 1.54) is 12.1 Å². The van der Waals surface area contributed by atoms with E-state index in [2.05, 4.69) is 20.7 Å². The van der Waals surface area contributed by atoms with Crippen LogP contribution in [0.3, 0.4) is 0 Å². The van der Waals surface area contributed by atoms with Crippen LogP contribution >= 0.6 is 0 Å². The van der Waals surface area contributed by atoms with Gasteiger partial charge < -0.3 is 15.4 Å². The van der Waals surface area contributed by atoms with Gasteiger partial charge in [-0.2, -0.15) is 18.3 Å². The lowest BCUT2D eigenvalue weighted by atomic mass is 10.2. The summed E-state index contributed by atoms with van der Waals surface area (Å²) >= 11 is 0. The Morgan fingerprint density at radius 3 is 2.54 bits per heavy atom. The molecular formula is C17H22F3N5O. The lowest BCUT2D eigenvalue weighted by Gasteiger charge is -2.13. The average Bonchev–Trinajstić information content (AvgIpc) is 3.13. The fourth-order valence-electron chi connectivity index (χ4n) is 2.18. The number of benzene rings is 1. The van der Waals surface area contributed by atoms with Crippen molar-refractivity contribution in [3.63, 3.8) is 0 Å². The molecule has 6 nitrogen and oxygen atoms in total. The molecule has 0 saturated heterocycles. The van der Waals surface area contributed by atoms with Gasteiger partial charge in [0.05, 0.1) is 12.1 Å². The van der Waals surface area contributed by atoms with Crippen LogP contribution in [0.25, 0.3) is 0 Å². The second-order valence-electron chi connectivity index (χ2n) is 5.42. The number of aryl methyl sites for hydroxylation is 1. The number of rotatable bonds is 8. The highest BCUT2D eigenvalue weighted by atomic mass is 19.4. The number of halogens is 3. The largest absolute Gasteiger partial charge is 0.492 e. The predicted molar refractivity (Wildman–Crippen MR) is 93.1 cm³/mol. The molecule has 0 atom stereocenters. The van der Waals surface area contributed by atoms with Crippen molar-refractivity contribution in [2.75, 3.05) is 26.7 Å². The van der Waals surface area contributed by atoms with Gasteiger partial charge in [-0.15, -0.1) is 0 Å². The summed E-state index contributed by atoms with van der Waals surface area (Å²) in [5.41, 5.74) is -0.692. The Balaban J connectivity index is 1.61. The highest BCUT2D eigenvalue weighted by Crippen LogP contribution is 2.30. The first-order chi connectivity index (χ1) is 12.5. The number of nitrogens with one attached hydrogen (secondary N) is 2. The summed E-state index contributed by atoms with van der Waals surface area (Å²) < 4.78 is 44.7. The molecular weight excluding hydrogens is 347 g/mol. The van der Waals surface area contributed by atoms with Crippen LogP contribution in [0.2, 0.25) is 0 Å². The molecule has 0 aliphatic rings. The maximum absolute atomic E-state index is 12.5. The van der Waals surface area contributed by atoms with E-state index < -0.39 is 11.7 Å². The molecule has 2 rings (SSSR count). The molecule has 0 aliphatic carbocycles.